The standard InChI is InChI=1S/C19H21N3O2S/c1-15-8-9-19(12-16(15)2)25(23,24)21-11-10-17-13-20-22(14-17)18-6-4-3-5-7-18/h3-9,12-14,21H,10-11H2,1-2H3. The summed E-state index contributed by atoms with van der Waals surface area (Å²) in [6.07, 6.45) is 4.26. The van der Waals surface area contributed by atoms with Crippen LogP contribution in [-0.4, -0.2) is 24.7 Å². The first-order valence-corrected chi connectivity index (χ1v) is 9.60. The van der Waals surface area contributed by atoms with Crippen LogP contribution >= 0.6 is 0 Å². The van der Waals surface area contributed by atoms with E-state index in [-0.39, 0.29) is 0 Å². The fraction of sp³-hybridized carbons (Fsp3) is 0.211. The van der Waals surface area contributed by atoms with Crippen molar-refractivity contribution in [2.75, 3.05) is 6.54 Å². The van der Waals surface area contributed by atoms with Gasteiger partial charge in [0.25, 0.3) is 0 Å². The number of para-hydroxylation sites is 1. The van der Waals surface area contributed by atoms with Gasteiger partial charge in [-0.1, -0.05) is 24.3 Å². The van der Waals surface area contributed by atoms with E-state index in [9.17, 15) is 8.42 Å². The zero-order valence-corrected chi connectivity index (χ0v) is 15.1. The normalized spacial score (nSPS) is 11.6. The van der Waals surface area contributed by atoms with Crippen molar-refractivity contribution in [3.63, 3.8) is 0 Å². The van der Waals surface area contributed by atoms with Crippen LogP contribution in [0.2, 0.25) is 0 Å². The van der Waals surface area contributed by atoms with Crippen LogP contribution in [0.5, 0.6) is 0 Å². The number of hydrogen-bond donors (Lipinski definition) is 1. The third-order valence-corrected chi connectivity index (χ3v) is 5.61. The molecule has 0 aliphatic heterocycles. The minimum Gasteiger partial charge on any atom is -0.241 e. The van der Waals surface area contributed by atoms with E-state index < -0.39 is 10.0 Å². The van der Waals surface area contributed by atoms with Gasteiger partial charge in [0.1, 0.15) is 0 Å². The van der Waals surface area contributed by atoms with Crippen LogP contribution in [0.25, 0.3) is 5.69 Å². The Bertz CT molecular complexity index is 963. The van der Waals surface area contributed by atoms with Crippen LogP contribution in [-0.2, 0) is 16.4 Å². The zero-order valence-electron chi connectivity index (χ0n) is 14.3. The van der Waals surface area contributed by atoms with Crippen molar-refractivity contribution in [1.29, 1.82) is 0 Å². The summed E-state index contributed by atoms with van der Waals surface area (Å²) in [5.74, 6) is 0. The van der Waals surface area contributed by atoms with Crippen molar-refractivity contribution >= 4 is 10.0 Å². The summed E-state index contributed by atoms with van der Waals surface area (Å²) in [5, 5.41) is 4.32. The van der Waals surface area contributed by atoms with Crippen molar-refractivity contribution in [3.8, 4) is 5.69 Å². The van der Waals surface area contributed by atoms with Gasteiger partial charge in [-0.2, -0.15) is 5.10 Å². The fourth-order valence-electron chi connectivity index (χ4n) is 2.51. The van der Waals surface area contributed by atoms with Gasteiger partial charge in [-0.05, 0) is 61.2 Å². The first-order valence-electron chi connectivity index (χ1n) is 8.11. The average Bonchev–Trinajstić information content (AvgIpc) is 3.07. The maximum absolute atomic E-state index is 12.4. The minimum atomic E-state index is -3.49. The SMILES string of the molecule is Cc1ccc(S(=O)(=O)NCCc2cnn(-c3ccccc3)c2)cc1C. The molecule has 0 atom stereocenters. The first-order chi connectivity index (χ1) is 12.0. The monoisotopic (exact) mass is 355 g/mol. The molecule has 1 aromatic heterocycles. The number of benzene rings is 2. The lowest BCUT2D eigenvalue weighted by molar-refractivity contribution is 0.581. The van der Waals surface area contributed by atoms with Crippen LogP contribution in [0, 0.1) is 13.8 Å². The molecule has 0 aliphatic carbocycles. The molecule has 2 aromatic carbocycles. The molecule has 3 aromatic rings. The Morgan fingerprint density at radius 1 is 1.04 bits per heavy atom. The number of nitrogens with one attached hydrogen (secondary N) is 1. The van der Waals surface area contributed by atoms with Gasteiger partial charge in [-0.15, -0.1) is 0 Å². The lowest BCUT2D eigenvalue weighted by atomic mass is 10.1. The first kappa shape index (κ1) is 17.4. The summed E-state index contributed by atoms with van der Waals surface area (Å²) in [7, 11) is -3.49. The molecule has 0 fully saturated rings. The van der Waals surface area contributed by atoms with Gasteiger partial charge < -0.3 is 0 Å². The van der Waals surface area contributed by atoms with Crippen molar-refractivity contribution in [2.24, 2.45) is 0 Å². The zero-order chi connectivity index (χ0) is 17.9. The van der Waals surface area contributed by atoms with Gasteiger partial charge in [-0.25, -0.2) is 17.8 Å². The van der Waals surface area contributed by atoms with Crippen LogP contribution in [0.1, 0.15) is 16.7 Å². The van der Waals surface area contributed by atoms with Gasteiger partial charge in [0, 0.05) is 12.7 Å². The van der Waals surface area contributed by atoms with E-state index in [2.05, 4.69) is 9.82 Å². The molecule has 0 saturated carbocycles. The van der Waals surface area contributed by atoms with E-state index in [1.54, 1.807) is 23.0 Å². The summed E-state index contributed by atoms with van der Waals surface area (Å²) >= 11 is 0. The molecule has 3 rings (SSSR count). The summed E-state index contributed by atoms with van der Waals surface area (Å²) in [4.78, 5) is 0.301. The highest BCUT2D eigenvalue weighted by molar-refractivity contribution is 7.89. The molecule has 0 aliphatic rings. The second-order valence-electron chi connectivity index (χ2n) is 6.02. The van der Waals surface area contributed by atoms with Gasteiger partial charge >= 0.3 is 0 Å². The van der Waals surface area contributed by atoms with Crippen molar-refractivity contribution in [3.05, 3.63) is 77.6 Å². The summed E-state index contributed by atoms with van der Waals surface area (Å²) in [6.45, 7) is 4.20. The molecule has 0 amide bonds. The summed E-state index contributed by atoms with van der Waals surface area (Å²) in [6, 6.07) is 15.0. The molecular formula is C19H21N3O2S. The number of aryl methyl sites for hydroxylation is 2. The molecule has 1 heterocycles. The molecule has 6 heteroatoms. The van der Waals surface area contributed by atoms with Gasteiger partial charge in [0.05, 0.1) is 16.8 Å². The van der Waals surface area contributed by atoms with Crippen molar-refractivity contribution in [2.45, 2.75) is 25.2 Å². The number of hydrogen-bond acceptors (Lipinski definition) is 3. The average molecular weight is 355 g/mol. The van der Waals surface area contributed by atoms with E-state index in [4.69, 9.17) is 0 Å². The Morgan fingerprint density at radius 2 is 1.80 bits per heavy atom. The van der Waals surface area contributed by atoms with Crippen LogP contribution in [0.4, 0.5) is 0 Å². The van der Waals surface area contributed by atoms with Gasteiger partial charge in [0.2, 0.25) is 10.0 Å². The fourth-order valence-corrected chi connectivity index (χ4v) is 3.62. The predicted molar refractivity (Wildman–Crippen MR) is 98.4 cm³/mol. The lowest BCUT2D eigenvalue weighted by Crippen LogP contribution is -2.26. The van der Waals surface area contributed by atoms with Crippen LogP contribution in [0.3, 0.4) is 0 Å². The number of nitrogens with zero attached hydrogens (tertiary/aromatic N) is 2. The number of aromatic nitrogens is 2. The van der Waals surface area contributed by atoms with Crippen molar-refractivity contribution < 1.29 is 8.42 Å². The van der Waals surface area contributed by atoms with Crippen molar-refractivity contribution in [1.82, 2.24) is 14.5 Å². The molecule has 0 unspecified atom stereocenters. The second-order valence-corrected chi connectivity index (χ2v) is 7.79. The second kappa shape index (κ2) is 7.21. The molecule has 0 saturated heterocycles. The minimum absolute atomic E-state index is 0.301. The molecule has 130 valence electrons. The largest absolute Gasteiger partial charge is 0.241 e. The highest BCUT2D eigenvalue weighted by Gasteiger charge is 2.14. The third kappa shape index (κ3) is 4.15. The smallest absolute Gasteiger partial charge is 0.240 e. The molecule has 5 nitrogen and oxygen atoms in total. The van der Waals surface area contributed by atoms with E-state index in [1.807, 2.05) is 56.4 Å². The van der Waals surface area contributed by atoms with E-state index >= 15 is 0 Å². The Balaban J connectivity index is 1.63. The van der Waals surface area contributed by atoms with E-state index in [0.29, 0.717) is 17.9 Å². The number of rotatable bonds is 6. The predicted octanol–water partition coefficient (Wildman–Crippen LogP) is 3.01. The molecule has 0 radical (unpaired) electrons. The Hall–Kier alpha value is -2.44. The highest BCUT2D eigenvalue weighted by Crippen LogP contribution is 2.14. The lowest BCUT2D eigenvalue weighted by Gasteiger charge is -2.08. The topological polar surface area (TPSA) is 64.0 Å². The van der Waals surface area contributed by atoms with E-state index in [0.717, 1.165) is 22.4 Å². The van der Waals surface area contributed by atoms with Gasteiger partial charge in [-0.3, -0.25) is 0 Å². The summed E-state index contributed by atoms with van der Waals surface area (Å²) < 4.78 is 29.2. The third-order valence-electron chi connectivity index (χ3n) is 4.15. The highest BCUT2D eigenvalue weighted by atomic mass is 32.2. The molecule has 1 N–H and O–H groups in total. The Morgan fingerprint density at radius 3 is 2.52 bits per heavy atom. The maximum Gasteiger partial charge on any atom is 0.240 e. The van der Waals surface area contributed by atoms with Gasteiger partial charge in [0.15, 0.2) is 0 Å². The Kier molecular flexibility index (Phi) is 5.01. The van der Waals surface area contributed by atoms with Crippen LogP contribution < -0.4 is 4.72 Å². The Labute approximate surface area is 148 Å². The van der Waals surface area contributed by atoms with E-state index in [1.165, 1.54) is 0 Å². The molecule has 0 spiro atoms. The quantitative estimate of drug-likeness (QED) is 0.739. The number of sulfonamides is 1. The molecule has 0 bridgehead atoms. The maximum atomic E-state index is 12.4. The summed E-state index contributed by atoms with van der Waals surface area (Å²) in [5.41, 5.74) is 4.00. The molecule has 25 heavy (non-hydrogen) atoms. The molecular weight excluding hydrogens is 334 g/mol. The van der Waals surface area contributed by atoms with Crippen LogP contribution in [0.15, 0.2) is 65.8 Å².